The molecular formula is C21H15ClF3N5O5S2. The van der Waals surface area contributed by atoms with Crippen LogP contribution >= 0.6 is 22.9 Å². The number of sulfonamides is 1. The van der Waals surface area contributed by atoms with Crippen molar-refractivity contribution in [1.82, 2.24) is 9.71 Å². The summed E-state index contributed by atoms with van der Waals surface area (Å²) in [7, 11) is -4.15. The summed E-state index contributed by atoms with van der Waals surface area (Å²) in [6.45, 7) is -1.27. The molecule has 0 saturated heterocycles. The molecule has 1 aromatic carbocycles. The van der Waals surface area contributed by atoms with E-state index in [0.29, 0.717) is 0 Å². The maximum atomic E-state index is 12.9. The van der Waals surface area contributed by atoms with Crippen molar-refractivity contribution in [1.29, 1.82) is 0 Å². The summed E-state index contributed by atoms with van der Waals surface area (Å²) in [6.07, 6.45) is -3.57. The molecule has 0 aliphatic carbocycles. The van der Waals surface area contributed by atoms with E-state index >= 15 is 0 Å². The van der Waals surface area contributed by atoms with E-state index in [9.17, 15) is 36.0 Å². The number of amides is 4. The minimum Gasteiger partial charge on any atom is -0.376 e. The van der Waals surface area contributed by atoms with Crippen molar-refractivity contribution in [2.75, 3.05) is 22.1 Å². The second-order valence-corrected chi connectivity index (χ2v) is 11.2. The molecule has 0 saturated carbocycles. The number of imide groups is 1. The third kappa shape index (κ3) is 6.18. The SMILES string of the molecule is O=C(Nc1ccc(N2C(=O)Cc3cc(NCC(F)(F)F)ccc3C2=O)nc1)NS(=O)(=O)c1ccc(Cl)s1. The average molecular weight is 574 g/mol. The molecular weight excluding hydrogens is 559 g/mol. The summed E-state index contributed by atoms with van der Waals surface area (Å²) in [6, 6.07) is 8.03. The Bertz CT molecular complexity index is 1490. The summed E-state index contributed by atoms with van der Waals surface area (Å²) in [5, 5.41) is 4.47. The van der Waals surface area contributed by atoms with Crippen molar-refractivity contribution in [2.45, 2.75) is 16.8 Å². The fraction of sp³-hybridized carbons (Fsp3) is 0.143. The molecule has 0 bridgehead atoms. The van der Waals surface area contributed by atoms with Gasteiger partial charge in [-0.2, -0.15) is 13.2 Å². The molecule has 10 nitrogen and oxygen atoms in total. The second kappa shape index (κ2) is 9.99. The van der Waals surface area contributed by atoms with E-state index < -0.39 is 40.6 Å². The zero-order valence-corrected chi connectivity index (χ0v) is 20.7. The maximum Gasteiger partial charge on any atom is 0.405 e. The van der Waals surface area contributed by atoms with Gasteiger partial charge in [0.05, 0.1) is 22.6 Å². The highest BCUT2D eigenvalue weighted by atomic mass is 35.5. The van der Waals surface area contributed by atoms with E-state index in [-0.39, 0.29) is 43.3 Å². The second-order valence-electron chi connectivity index (χ2n) is 7.57. The van der Waals surface area contributed by atoms with Gasteiger partial charge >= 0.3 is 12.2 Å². The van der Waals surface area contributed by atoms with E-state index in [1.54, 1.807) is 0 Å². The zero-order chi connectivity index (χ0) is 27.0. The summed E-state index contributed by atoms with van der Waals surface area (Å²) < 4.78 is 63.6. The van der Waals surface area contributed by atoms with Gasteiger partial charge in [-0.3, -0.25) is 9.59 Å². The van der Waals surface area contributed by atoms with Crippen molar-refractivity contribution in [3.63, 3.8) is 0 Å². The number of thiophene rings is 1. The molecule has 0 radical (unpaired) electrons. The van der Waals surface area contributed by atoms with Crippen molar-refractivity contribution in [3.05, 3.63) is 64.1 Å². The number of fused-ring (bicyclic) bond motifs is 1. The molecule has 4 amide bonds. The van der Waals surface area contributed by atoms with Crippen LogP contribution in [0.5, 0.6) is 0 Å². The largest absolute Gasteiger partial charge is 0.405 e. The number of aromatic nitrogens is 1. The average Bonchev–Trinajstić information content (AvgIpc) is 3.25. The number of pyridine rings is 1. The van der Waals surface area contributed by atoms with E-state index in [1.165, 1.54) is 42.5 Å². The first-order valence-electron chi connectivity index (χ1n) is 10.2. The Morgan fingerprint density at radius 2 is 1.84 bits per heavy atom. The molecule has 3 aromatic rings. The normalized spacial score (nSPS) is 13.8. The van der Waals surface area contributed by atoms with Crippen LogP contribution in [0.25, 0.3) is 0 Å². The standard InChI is InChI=1S/C21H15ClF3N5O5S2/c22-15-4-6-18(36-15)37(34,35)29-20(33)28-13-2-5-16(26-9-13)30-17(31)8-11-7-12(27-10-21(23,24)25)1-3-14(11)19(30)32/h1-7,9,27H,8,10H2,(H2,28,29,33). The number of carbonyl (C=O) groups excluding carboxylic acids is 3. The number of hydrogen-bond donors (Lipinski definition) is 3. The Kier molecular flexibility index (Phi) is 7.12. The van der Waals surface area contributed by atoms with Crippen molar-refractivity contribution in [2.24, 2.45) is 0 Å². The number of rotatable bonds is 6. The van der Waals surface area contributed by atoms with Gasteiger partial charge in [-0.15, -0.1) is 11.3 Å². The third-order valence-electron chi connectivity index (χ3n) is 4.90. The van der Waals surface area contributed by atoms with Crippen molar-refractivity contribution in [3.8, 4) is 0 Å². The number of benzene rings is 1. The molecule has 0 unspecified atom stereocenters. The number of nitrogens with one attached hydrogen (secondary N) is 3. The first kappa shape index (κ1) is 26.4. The lowest BCUT2D eigenvalue weighted by molar-refractivity contribution is -0.118. The smallest absolute Gasteiger partial charge is 0.376 e. The molecule has 3 heterocycles. The molecule has 2 aromatic heterocycles. The highest BCUT2D eigenvalue weighted by Crippen LogP contribution is 2.28. The first-order chi connectivity index (χ1) is 17.3. The number of anilines is 3. The minimum absolute atomic E-state index is 0.0632. The fourth-order valence-electron chi connectivity index (χ4n) is 3.33. The Morgan fingerprint density at radius 1 is 1.11 bits per heavy atom. The molecule has 16 heteroatoms. The summed E-state index contributed by atoms with van der Waals surface area (Å²) >= 11 is 6.49. The Balaban J connectivity index is 1.44. The maximum absolute atomic E-state index is 12.9. The fourth-order valence-corrected chi connectivity index (χ4v) is 5.72. The molecule has 1 aliphatic rings. The number of halogens is 4. The van der Waals surface area contributed by atoms with E-state index in [1.807, 2.05) is 4.72 Å². The predicted octanol–water partition coefficient (Wildman–Crippen LogP) is 4.01. The first-order valence-corrected chi connectivity index (χ1v) is 12.9. The van der Waals surface area contributed by atoms with Gasteiger partial charge in [0.15, 0.2) is 0 Å². The van der Waals surface area contributed by atoms with Crippen molar-refractivity contribution < 1.29 is 36.0 Å². The van der Waals surface area contributed by atoms with Crippen LogP contribution in [0.15, 0.2) is 52.9 Å². The molecule has 37 heavy (non-hydrogen) atoms. The van der Waals surface area contributed by atoms with Crippen LogP contribution in [0.4, 0.5) is 35.2 Å². The Morgan fingerprint density at radius 3 is 2.46 bits per heavy atom. The molecule has 3 N–H and O–H groups in total. The van der Waals surface area contributed by atoms with Gasteiger partial charge in [0.25, 0.3) is 15.9 Å². The number of urea groups is 1. The van der Waals surface area contributed by atoms with Gasteiger partial charge in [-0.25, -0.2) is 27.8 Å². The number of carbonyl (C=O) groups is 3. The Hall–Kier alpha value is -3.69. The van der Waals surface area contributed by atoms with Crippen LogP contribution in [0, 0.1) is 0 Å². The third-order valence-corrected chi connectivity index (χ3v) is 7.95. The molecule has 1 aliphatic heterocycles. The number of hydrogen-bond acceptors (Lipinski definition) is 8. The zero-order valence-electron chi connectivity index (χ0n) is 18.3. The van der Waals surface area contributed by atoms with Gasteiger partial charge in [0.2, 0.25) is 5.91 Å². The van der Waals surface area contributed by atoms with E-state index in [2.05, 4.69) is 15.6 Å². The van der Waals surface area contributed by atoms with E-state index in [0.717, 1.165) is 22.4 Å². The summed E-state index contributed by atoms with van der Waals surface area (Å²) in [5.74, 6) is -1.44. The van der Waals surface area contributed by atoms with Gasteiger partial charge in [0, 0.05) is 11.3 Å². The van der Waals surface area contributed by atoms with Gasteiger partial charge < -0.3 is 10.6 Å². The summed E-state index contributed by atoms with van der Waals surface area (Å²) in [4.78, 5) is 42.5. The van der Waals surface area contributed by atoms with E-state index in [4.69, 9.17) is 11.6 Å². The molecule has 0 atom stereocenters. The van der Waals surface area contributed by atoms with Crippen LogP contribution < -0.4 is 20.3 Å². The van der Waals surface area contributed by atoms with Gasteiger partial charge in [-0.05, 0) is 48.0 Å². The molecule has 0 spiro atoms. The predicted molar refractivity (Wildman–Crippen MR) is 129 cm³/mol. The molecule has 4 rings (SSSR count). The highest BCUT2D eigenvalue weighted by molar-refractivity contribution is 7.92. The van der Waals surface area contributed by atoms with Crippen LogP contribution in [0.1, 0.15) is 15.9 Å². The quantitative estimate of drug-likeness (QED) is 0.379. The van der Waals surface area contributed by atoms with Gasteiger partial charge in [0.1, 0.15) is 16.6 Å². The van der Waals surface area contributed by atoms with Crippen LogP contribution in [-0.2, 0) is 21.2 Å². The van der Waals surface area contributed by atoms with Crippen LogP contribution in [0.2, 0.25) is 4.34 Å². The minimum atomic E-state index is -4.43. The van der Waals surface area contributed by atoms with Gasteiger partial charge in [-0.1, -0.05) is 11.6 Å². The lowest BCUT2D eigenvalue weighted by Gasteiger charge is -2.26. The molecule has 0 fully saturated rings. The lowest BCUT2D eigenvalue weighted by atomic mass is 9.97. The number of alkyl halides is 3. The lowest BCUT2D eigenvalue weighted by Crippen LogP contribution is -2.43. The summed E-state index contributed by atoms with van der Waals surface area (Å²) in [5.41, 5.74) is 0.570. The van der Waals surface area contributed by atoms with Crippen LogP contribution in [-0.4, -0.2) is 44.0 Å². The topological polar surface area (TPSA) is 138 Å². The monoisotopic (exact) mass is 573 g/mol. The Labute approximate surface area is 216 Å². The van der Waals surface area contributed by atoms with Crippen molar-refractivity contribution >= 4 is 68.0 Å². The number of nitrogens with zero attached hydrogens (tertiary/aromatic N) is 2. The molecule has 194 valence electrons. The van der Waals surface area contributed by atoms with Crippen LogP contribution in [0.3, 0.4) is 0 Å². The highest BCUT2D eigenvalue weighted by Gasteiger charge is 2.33.